The minimum Gasteiger partial charge on any atom is -0.391 e. The van der Waals surface area contributed by atoms with E-state index < -0.39 is 27.8 Å². The Morgan fingerprint density at radius 1 is 1.05 bits per heavy atom. The molecule has 0 saturated heterocycles. The number of aliphatic hydroxyl groups excluding tert-OH is 2. The van der Waals surface area contributed by atoms with E-state index in [1.807, 2.05) is 37.3 Å². The number of hydrogen-bond acceptors (Lipinski definition) is 3. The van der Waals surface area contributed by atoms with Gasteiger partial charge in [-0.05, 0) is 24.6 Å². The standard InChI is InChI=1S/C17H19BrO3S/c1-12-7-9-14(10-8-12)22(21)11-15(19)16(18)17(20)13-5-3-2-4-6-13/h2-10,15-17,19-20H,11H2,1H3/t15-,16+,17-,22?/m1/s1. The molecule has 4 atom stereocenters. The molecule has 0 radical (unpaired) electrons. The highest BCUT2D eigenvalue weighted by atomic mass is 79.9. The molecule has 0 aromatic heterocycles. The molecule has 0 amide bonds. The van der Waals surface area contributed by atoms with Gasteiger partial charge in [0.25, 0.3) is 0 Å². The third-order valence-electron chi connectivity index (χ3n) is 3.42. The summed E-state index contributed by atoms with van der Waals surface area (Å²) < 4.78 is 12.3. The molecule has 2 rings (SSSR count). The van der Waals surface area contributed by atoms with Crippen LogP contribution in [0.3, 0.4) is 0 Å². The highest BCUT2D eigenvalue weighted by Gasteiger charge is 2.27. The molecule has 0 aliphatic rings. The first kappa shape index (κ1) is 17.3. The Hall–Kier alpha value is -1.01. The molecule has 0 aliphatic carbocycles. The average molecular weight is 383 g/mol. The first-order valence-electron chi connectivity index (χ1n) is 6.99. The van der Waals surface area contributed by atoms with Gasteiger partial charge in [-0.3, -0.25) is 4.21 Å². The zero-order valence-electron chi connectivity index (χ0n) is 12.2. The molecule has 0 saturated carbocycles. The van der Waals surface area contributed by atoms with Crippen molar-refractivity contribution < 1.29 is 14.4 Å². The first-order valence-corrected chi connectivity index (χ1v) is 9.22. The fourth-order valence-corrected chi connectivity index (χ4v) is 3.97. The summed E-state index contributed by atoms with van der Waals surface area (Å²) in [6.45, 7) is 1.96. The minimum atomic E-state index is -1.31. The summed E-state index contributed by atoms with van der Waals surface area (Å²) in [5.74, 6) is 0.0723. The predicted molar refractivity (Wildman–Crippen MR) is 92.6 cm³/mol. The number of rotatable bonds is 6. The van der Waals surface area contributed by atoms with Gasteiger partial charge in [-0.2, -0.15) is 0 Å². The molecule has 0 spiro atoms. The van der Waals surface area contributed by atoms with Crippen molar-refractivity contribution in [1.82, 2.24) is 0 Å². The van der Waals surface area contributed by atoms with E-state index in [-0.39, 0.29) is 5.75 Å². The quantitative estimate of drug-likeness (QED) is 0.755. The van der Waals surface area contributed by atoms with Crippen molar-refractivity contribution in [2.75, 3.05) is 5.75 Å². The second-order valence-corrected chi connectivity index (χ2v) is 7.75. The van der Waals surface area contributed by atoms with E-state index in [1.165, 1.54) is 0 Å². The van der Waals surface area contributed by atoms with E-state index in [1.54, 1.807) is 24.3 Å². The SMILES string of the molecule is Cc1ccc(S(=O)C[C@@H](O)[C@H](Br)[C@H](O)c2ccccc2)cc1. The van der Waals surface area contributed by atoms with E-state index >= 15 is 0 Å². The monoisotopic (exact) mass is 382 g/mol. The minimum absolute atomic E-state index is 0.0723. The Morgan fingerprint density at radius 3 is 2.23 bits per heavy atom. The topological polar surface area (TPSA) is 57.5 Å². The van der Waals surface area contributed by atoms with Crippen molar-refractivity contribution in [3.8, 4) is 0 Å². The predicted octanol–water partition coefficient (Wildman–Crippen LogP) is 2.96. The largest absolute Gasteiger partial charge is 0.391 e. The lowest BCUT2D eigenvalue weighted by Gasteiger charge is -2.22. The number of aryl methyl sites for hydroxylation is 1. The molecule has 2 N–H and O–H groups in total. The summed E-state index contributed by atoms with van der Waals surface area (Å²) in [7, 11) is -1.31. The number of hydrogen-bond donors (Lipinski definition) is 2. The number of alkyl halides is 1. The Kier molecular flexibility index (Phi) is 6.32. The third-order valence-corrected chi connectivity index (χ3v) is 5.97. The van der Waals surface area contributed by atoms with Crippen LogP contribution >= 0.6 is 15.9 Å². The summed E-state index contributed by atoms with van der Waals surface area (Å²) in [6, 6.07) is 16.5. The first-order chi connectivity index (χ1) is 10.5. The fourth-order valence-electron chi connectivity index (χ4n) is 2.08. The second-order valence-electron chi connectivity index (χ2n) is 5.19. The van der Waals surface area contributed by atoms with Gasteiger partial charge in [-0.15, -0.1) is 0 Å². The van der Waals surface area contributed by atoms with Crippen LogP contribution in [0.25, 0.3) is 0 Å². The van der Waals surface area contributed by atoms with E-state index in [9.17, 15) is 14.4 Å². The van der Waals surface area contributed by atoms with Crippen LogP contribution in [0.15, 0.2) is 59.5 Å². The lowest BCUT2D eigenvalue weighted by Crippen LogP contribution is -2.31. The number of benzene rings is 2. The van der Waals surface area contributed by atoms with Crippen molar-refractivity contribution in [1.29, 1.82) is 0 Å². The third kappa shape index (κ3) is 4.49. The molecule has 1 unspecified atom stereocenters. The van der Waals surface area contributed by atoms with Crippen LogP contribution in [0.1, 0.15) is 17.2 Å². The van der Waals surface area contributed by atoms with Gasteiger partial charge in [0.15, 0.2) is 0 Å². The molecule has 2 aromatic rings. The summed E-state index contributed by atoms with van der Waals surface area (Å²) in [6.07, 6.45) is -1.77. The van der Waals surface area contributed by atoms with Gasteiger partial charge < -0.3 is 10.2 Å². The van der Waals surface area contributed by atoms with E-state index in [2.05, 4.69) is 15.9 Å². The molecule has 0 aliphatic heterocycles. The molecule has 0 heterocycles. The maximum Gasteiger partial charge on any atom is 0.0940 e. The normalized spacial score (nSPS) is 16.7. The van der Waals surface area contributed by atoms with E-state index in [4.69, 9.17) is 0 Å². The van der Waals surface area contributed by atoms with Gasteiger partial charge >= 0.3 is 0 Å². The van der Waals surface area contributed by atoms with Crippen molar-refractivity contribution in [3.05, 3.63) is 65.7 Å². The average Bonchev–Trinajstić information content (AvgIpc) is 2.54. The Morgan fingerprint density at radius 2 is 1.64 bits per heavy atom. The number of halogens is 1. The van der Waals surface area contributed by atoms with Crippen LogP contribution in [0, 0.1) is 6.92 Å². The van der Waals surface area contributed by atoms with Gasteiger partial charge in [0.2, 0.25) is 0 Å². The van der Waals surface area contributed by atoms with Crippen LogP contribution < -0.4 is 0 Å². The molecule has 22 heavy (non-hydrogen) atoms. The van der Waals surface area contributed by atoms with Crippen LogP contribution in [-0.2, 0) is 10.8 Å². The van der Waals surface area contributed by atoms with Gasteiger partial charge in [-0.1, -0.05) is 64.0 Å². The lowest BCUT2D eigenvalue weighted by molar-refractivity contribution is 0.104. The van der Waals surface area contributed by atoms with Crippen LogP contribution in [0.2, 0.25) is 0 Å². The Bertz CT molecular complexity index is 616. The smallest absolute Gasteiger partial charge is 0.0940 e. The van der Waals surface area contributed by atoms with Crippen molar-refractivity contribution in [3.63, 3.8) is 0 Å². The van der Waals surface area contributed by atoms with E-state index in [0.717, 1.165) is 5.56 Å². The molecule has 3 nitrogen and oxygen atoms in total. The fraction of sp³-hybridized carbons (Fsp3) is 0.294. The zero-order valence-corrected chi connectivity index (χ0v) is 14.6. The molecule has 118 valence electrons. The zero-order chi connectivity index (χ0) is 16.1. The summed E-state index contributed by atoms with van der Waals surface area (Å²) >= 11 is 3.32. The van der Waals surface area contributed by atoms with Gasteiger partial charge in [0.1, 0.15) is 0 Å². The maximum absolute atomic E-state index is 12.3. The van der Waals surface area contributed by atoms with E-state index in [0.29, 0.717) is 10.5 Å². The number of aliphatic hydroxyl groups is 2. The second kappa shape index (κ2) is 8.02. The Balaban J connectivity index is 2.00. The molecule has 2 aromatic carbocycles. The van der Waals surface area contributed by atoms with Crippen LogP contribution in [-0.4, -0.2) is 31.1 Å². The van der Waals surface area contributed by atoms with Crippen LogP contribution in [0.4, 0.5) is 0 Å². The van der Waals surface area contributed by atoms with Crippen LogP contribution in [0.5, 0.6) is 0 Å². The lowest BCUT2D eigenvalue weighted by atomic mass is 10.0. The maximum atomic E-state index is 12.3. The summed E-state index contributed by atoms with van der Waals surface area (Å²) in [5, 5.41) is 20.5. The van der Waals surface area contributed by atoms with Crippen molar-refractivity contribution in [2.24, 2.45) is 0 Å². The highest BCUT2D eigenvalue weighted by molar-refractivity contribution is 9.09. The molecule has 5 heteroatoms. The Labute approximate surface area is 141 Å². The van der Waals surface area contributed by atoms with Crippen molar-refractivity contribution in [2.45, 2.75) is 28.9 Å². The van der Waals surface area contributed by atoms with Crippen molar-refractivity contribution >= 4 is 26.7 Å². The van der Waals surface area contributed by atoms with Gasteiger partial charge in [0.05, 0.1) is 33.6 Å². The molecular weight excluding hydrogens is 364 g/mol. The molecular formula is C17H19BrO3S. The molecule has 0 bridgehead atoms. The highest BCUT2D eigenvalue weighted by Crippen LogP contribution is 2.26. The summed E-state index contributed by atoms with van der Waals surface area (Å²) in [5.41, 5.74) is 1.81. The van der Waals surface area contributed by atoms with Gasteiger partial charge in [0, 0.05) is 4.90 Å². The summed E-state index contributed by atoms with van der Waals surface area (Å²) in [4.78, 5) is 0.0999. The van der Waals surface area contributed by atoms with Gasteiger partial charge in [-0.25, -0.2) is 0 Å². The molecule has 0 fully saturated rings.